The standard InChI is InChI=1S/C11H15BF3O2.K/c1-3-16-6-7-17-11-5-4-9(2)8-10(11)12(13,14)15;/h4-5,8H,3,6-7H2,1-2H3;/q-1;+1. The van der Waals surface area contributed by atoms with Gasteiger partial charge in [-0.1, -0.05) is 23.2 Å². The summed E-state index contributed by atoms with van der Waals surface area (Å²) in [6.07, 6.45) is 0. The first-order valence-corrected chi connectivity index (χ1v) is 5.46. The van der Waals surface area contributed by atoms with Crippen LogP contribution in [0, 0.1) is 6.92 Å². The van der Waals surface area contributed by atoms with Crippen molar-refractivity contribution in [3.63, 3.8) is 0 Å². The molecule has 0 radical (unpaired) electrons. The van der Waals surface area contributed by atoms with Gasteiger partial charge in [0.25, 0.3) is 0 Å². The molecule has 1 aromatic carbocycles. The molecule has 96 valence electrons. The third-order valence-electron chi connectivity index (χ3n) is 2.21. The molecular formula is C11H15BF3KO2. The third kappa shape index (κ3) is 6.08. The topological polar surface area (TPSA) is 18.5 Å². The molecule has 0 saturated carbocycles. The monoisotopic (exact) mass is 286 g/mol. The molecule has 0 spiro atoms. The van der Waals surface area contributed by atoms with Crippen LogP contribution in [0.4, 0.5) is 12.9 Å². The molecule has 0 aromatic heterocycles. The summed E-state index contributed by atoms with van der Waals surface area (Å²) in [5.74, 6) is -0.122. The quantitative estimate of drug-likeness (QED) is 0.517. The number of halogens is 3. The first-order chi connectivity index (χ1) is 7.95. The van der Waals surface area contributed by atoms with Crippen molar-refractivity contribution in [1.29, 1.82) is 0 Å². The molecule has 0 fully saturated rings. The van der Waals surface area contributed by atoms with E-state index in [1.54, 1.807) is 13.0 Å². The smallest absolute Gasteiger partial charge is 0.494 e. The van der Waals surface area contributed by atoms with Gasteiger partial charge in [-0.05, 0) is 19.9 Å². The maximum atomic E-state index is 12.8. The summed E-state index contributed by atoms with van der Waals surface area (Å²) in [5, 5.41) is 0. The van der Waals surface area contributed by atoms with Crippen LogP contribution in [0.2, 0.25) is 0 Å². The minimum atomic E-state index is -5.05. The molecule has 0 unspecified atom stereocenters. The van der Waals surface area contributed by atoms with E-state index >= 15 is 0 Å². The van der Waals surface area contributed by atoms with Crippen LogP contribution in [0.5, 0.6) is 5.75 Å². The first kappa shape index (κ1) is 18.5. The molecule has 0 heterocycles. The molecule has 0 aliphatic heterocycles. The number of hydrogen-bond donors (Lipinski definition) is 0. The van der Waals surface area contributed by atoms with Gasteiger partial charge in [0.1, 0.15) is 6.61 Å². The predicted octanol–water partition coefficient (Wildman–Crippen LogP) is -0.531. The molecule has 1 aromatic rings. The van der Waals surface area contributed by atoms with Crippen molar-refractivity contribution in [1.82, 2.24) is 0 Å². The summed E-state index contributed by atoms with van der Waals surface area (Å²) < 4.78 is 48.4. The van der Waals surface area contributed by atoms with Gasteiger partial charge in [-0.3, -0.25) is 0 Å². The zero-order valence-electron chi connectivity index (χ0n) is 10.9. The van der Waals surface area contributed by atoms with Gasteiger partial charge in [-0.2, -0.15) is 0 Å². The Bertz CT molecular complexity index is 372. The van der Waals surface area contributed by atoms with Crippen molar-refractivity contribution in [2.24, 2.45) is 0 Å². The van der Waals surface area contributed by atoms with E-state index in [0.29, 0.717) is 12.2 Å². The fraction of sp³-hybridized carbons (Fsp3) is 0.455. The van der Waals surface area contributed by atoms with Crippen LogP contribution in [-0.2, 0) is 4.74 Å². The average Bonchev–Trinajstić information content (AvgIpc) is 2.25. The van der Waals surface area contributed by atoms with Gasteiger partial charge in [0.15, 0.2) is 0 Å². The van der Waals surface area contributed by atoms with E-state index in [1.807, 2.05) is 6.92 Å². The van der Waals surface area contributed by atoms with Crippen molar-refractivity contribution in [3.8, 4) is 5.75 Å². The van der Waals surface area contributed by atoms with Gasteiger partial charge in [0, 0.05) is 6.61 Å². The summed E-state index contributed by atoms with van der Waals surface area (Å²) in [7, 11) is 0. The largest absolute Gasteiger partial charge is 1.00 e. The van der Waals surface area contributed by atoms with E-state index in [1.165, 1.54) is 6.07 Å². The zero-order chi connectivity index (χ0) is 12.9. The minimum Gasteiger partial charge on any atom is -0.494 e. The van der Waals surface area contributed by atoms with Crippen LogP contribution in [0.25, 0.3) is 0 Å². The first-order valence-electron chi connectivity index (χ1n) is 5.46. The summed E-state index contributed by atoms with van der Waals surface area (Å²) in [6, 6.07) is 4.06. The minimum absolute atomic E-state index is 0. The van der Waals surface area contributed by atoms with Crippen molar-refractivity contribution < 1.29 is 73.8 Å². The number of hydrogen-bond acceptors (Lipinski definition) is 2. The molecular weight excluding hydrogens is 271 g/mol. The Morgan fingerprint density at radius 2 is 1.83 bits per heavy atom. The number of rotatable bonds is 6. The Morgan fingerprint density at radius 1 is 1.17 bits per heavy atom. The molecule has 0 bridgehead atoms. The predicted molar refractivity (Wildman–Crippen MR) is 61.9 cm³/mol. The molecule has 0 amide bonds. The Morgan fingerprint density at radius 3 is 2.39 bits per heavy atom. The fourth-order valence-corrected chi connectivity index (χ4v) is 1.41. The number of benzene rings is 1. The van der Waals surface area contributed by atoms with Crippen LogP contribution in [0.3, 0.4) is 0 Å². The molecule has 0 N–H and O–H groups in total. The van der Waals surface area contributed by atoms with Crippen molar-refractivity contribution in [2.75, 3.05) is 19.8 Å². The molecule has 0 atom stereocenters. The Labute approximate surface area is 148 Å². The maximum Gasteiger partial charge on any atom is 1.00 e. The van der Waals surface area contributed by atoms with Gasteiger partial charge >= 0.3 is 58.4 Å². The van der Waals surface area contributed by atoms with E-state index in [0.717, 1.165) is 6.07 Å². The molecule has 18 heavy (non-hydrogen) atoms. The average molecular weight is 286 g/mol. The van der Waals surface area contributed by atoms with E-state index in [-0.39, 0.29) is 70.3 Å². The third-order valence-corrected chi connectivity index (χ3v) is 2.21. The molecule has 0 aliphatic carbocycles. The van der Waals surface area contributed by atoms with Gasteiger partial charge in [-0.15, -0.1) is 0 Å². The van der Waals surface area contributed by atoms with Crippen LogP contribution in [0.15, 0.2) is 18.2 Å². The summed E-state index contributed by atoms with van der Waals surface area (Å²) >= 11 is 0. The van der Waals surface area contributed by atoms with E-state index in [9.17, 15) is 12.9 Å². The summed E-state index contributed by atoms with van der Waals surface area (Å²) in [6.45, 7) is -0.683. The Balaban J connectivity index is 0.00000289. The van der Waals surface area contributed by atoms with Crippen molar-refractivity contribution >= 4 is 12.4 Å². The zero-order valence-corrected chi connectivity index (χ0v) is 14.0. The number of aryl methyl sites for hydroxylation is 1. The molecule has 0 saturated heterocycles. The van der Waals surface area contributed by atoms with Crippen molar-refractivity contribution in [2.45, 2.75) is 13.8 Å². The van der Waals surface area contributed by atoms with Crippen LogP contribution in [0.1, 0.15) is 12.5 Å². The van der Waals surface area contributed by atoms with Crippen LogP contribution < -0.4 is 61.6 Å². The second kappa shape index (κ2) is 8.60. The summed E-state index contributed by atoms with van der Waals surface area (Å²) in [4.78, 5) is 0. The second-order valence-electron chi connectivity index (χ2n) is 3.66. The summed E-state index contributed by atoms with van der Waals surface area (Å²) in [5.41, 5.74) is -0.113. The van der Waals surface area contributed by atoms with Gasteiger partial charge in [-0.25, -0.2) is 0 Å². The Kier molecular flexibility index (Phi) is 8.83. The Hall–Kier alpha value is 0.471. The second-order valence-corrected chi connectivity index (χ2v) is 3.66. The number of ether oxygens (including phenoxy) is 2. The van der Waals surface area contributed by atoms with E-state index in [4.69, 9.17) is 9.47 Å². The maximum absolute atomic E-state index is 12.8. The molecule has 0 aliphatic rings. The molecule has 1 rings (SSSR count). The van der Waals surface area contributed by atoms with Crippen molar-refractivity contribution in [3.05, 3.63) is 23.8 Å². The van der Waals surface area contributed by atoms with E-state index < -0.39 is 12.4 Å². The fourth-order valence-electron chi connectivity index (χ4n) is 1.41. The van der Waals surface area contributed by atoms with E-state index in [2.05, 4.69) is 0 Å². The molecule has 7 heteroatoms. The van der Waals surface area contributed by atoms with Crippen LogP contribution >= 0.6 is 0 Å². The van der Waals surface area contributed by atoms with Crippen LogP contribution in [-0.4, -0.2) is 26.8 Å². The SMILES string of the molecule is CCOCCOc1ccc(C)cc1[B-](F)(F)F.[K+]. The molecule has 2 nitrogen and oxygen atoms in total. The van der Waals surface area contributed by atoms with Gasteiger partial charge in [0.2, 0.25) is 0 Å². The van der Waals surface area contributed by atoms with Gasteiger partial charge in [0.05, 0.1) is 12.4 Å². The van der Waals surface area contributed by atoms with Gasteiger partial charge < -0.3 is 22.4 Å². The normalized spacial score (nSPS) is 10.9.